The van der Waals surface area contributed by atoms with Gasteiger partial charge in [0.2, 0.25) is 5.91 Å². The Bertz CT molecular complexity index is 971. The van der Waals surface area contributed by atoms with Crippen LogP contribution in [0.5, 0.6) is 0 Å². The summed E-state index contributed by atoms with van der Waals surface area (Å²) in [6, 6.07) is 15.7. The lowest BCUT2D eigenvalue weighted by atomic mass is 9.94. The Kier molecular flexibility index (Phi) is 8.05. The van der Waals surface area contributed by atoms with Crippen molar-refractivity contribution in [3.63, 3.8) is 0 Å². The second kappa shape index (κ2) is 11.2. The van der Waals surface area contributed by atoms with Gasteiger partial charge in [-0.05, 0) is 75.4 Å². The predicted octanol–water partition coefficient (Wildman–Crippen LogP) is 4.53. The third-order valence-corrected chi connectivity index (χ3v) is 7.34. The quantitative estimate of drug-likeness (QED) is 0.679. The summed E-state index contributed by atoms with van der Waals surface area (Å²) in [5, 5.41) is 4.02. The Morgan fingerprint density at radius 1 is 1.03 bits per heavy atom. The van der Waals surface area contributed by atoms with Crippen LogP contribution in [-0.4, -0.2) is 54.3 Å². The third kappa shape index (κ3) is 6.36. The van der Waals surface area contributed by atoms with Gasteiger partial charge in [-0.2, -0.15) is 0 Å². The van der Waals surface area contributed by atoms with Crippen molar-refractivity contribution in [2.75, 3.05) is 32.7 Å². The van der Waals surface area contributed by atoms with E-state index in [9.17, 15) is 9.59 Å². The Hall–Kier alpha value is -2.37. The average molecular weight is 468 g/mol. The van der Waals surface area contributed by atoms with Gasteiger partial charge in [0.1, 0.15) is 0 Å². The molecule has 4 rings (SSSR count). The number of rotatable bonds is 6. The van der Waals surface area contributed by atoms with E-state index >= 15 is 0 Å². The lowest BCUT2D eigenvalue weighted by Gasteiger charge is -2.34. The molecule has 176 valence electrons. The molecular formula is C27H34ClN3O2. The zero-order chi connectivity index (χ0) is 23.2. The summed E-state index contributed by atoms with van der Waals surface area (Å²) in [7, 11) is 0. The monoisotopic (exact) mass is 467 g/mol. The molecule has 0 saturated carbocycles. The molecule has 0 radical (unpaired) electrons. The fourth-order valence-electron chi connectivity index (χ4n) is 4.94. The molecule has 5 nitrogen and oxygen atoms in total. The van der Waals surface area contributed by atoms with E-state index in [0.29, 0.717) is 18.0 Å². The molecule has 2 aliphatic heterocycles. The van der Waals surface area contributed by atoms with Crippen molar-refractivity contribution < 1.29 is 9.59 Å². The first kappa shape index (κ1) is 23.8. The number of carbonyl (C=O) groups excluding carboxylic acids is 2. The van der Waals surface area contributed by atoms with E-state index in [1.165, 1.54) is 5.56 Å². The number of aryl methyl sites for hydroxylation is 1. The highest BCUT2D eigenvalue weighted by atomic mass is 35.5. The van der Waals surface area contributed by atoms with E-state index in [4.69, 9.17) is 11.6 Å². The van der Waals surface area contributed by atoms with Crippen LogP contribution in [0.2, 0.25) is 5.02 Å². The third-order valence-electron chi connectivity index (χ3n) is 6.97. The molecule has 1 atom stereocenters. The van der Waals surface area contributed by atoms with Crippen LogP contribution in [0.15, 0.2) is 48.5 Å². The van der Waals surface area contributed by atoms with Crippen molar-refractivity contribution in [1.29, 1.82) is 0 Å². The Morgan fingerprint density at radius 2 is 1.82 bits per heavy atom. The van der Waals surface area contributed by atoms with Crippen molar-refractivity contribution in [2.24, 2.45) is 11.8 Å². The van der Waals surface area contributed by atoms with Crippen LogP contribution in [0.1, 0.15) is 47.2 Å². The molecule has 2 saturated heterocycles. The first-order valence-corrected chi connectivity index (χ1v) is 12.5. The van der Waals surface area contributed by atoms with Gasteiger partial charge in [-0.15, -0.1) is 0 Å². The summed E-state index contributed by atoms with van der Waals surface area (Å²) in [4.78, 5) is 30.0. The number of halogens is 1. The molecule has 33 heavy (non-hydrogen) atoms. The fraction of sp³-hybridized carbons (Fsp3) is 0.481. The number of amides is 2. The predicted molar refractivity (Wildman–Crippen MR) is 132 cm³/mol. The lowest BCUT2D eigenvalue weighted by Crippen LogP contribution is -2.46. The van der Waals surface area contributed by atoms with Gasteiger partial charge in [-0.25, -0.2) is 0 Å². The van der Waals surface area contributed by atoms with Gasteiger partial charge >= 0.3 is 0 Å². The molecule has 0 aliphatic carbocycles. The van der Waals surface area contributed by atoms with Gasteiger partial charge < -0.3 is 10.2 Å². The number of hydrogen-bond acceptors (Lipinski definition) is 3. The van der Waals surface area contributed by atoms with Gasteiger partial charge in [0.15, 0.2) is 0 Å². The number of carbonyl (C=O) groups is 2. The van der Waals surface area contributed by atoms with Crippen LogP contribution in [0.3, 0.4) is 0 Å². The van der Waals surface area contributed by atoms with Gasteiger partial charge in [0.25, 0.3) is 5.91 Å². The number of benzene rings is 2. The van der Waals surface area contributed by atoms with Crippen molar-refractivity contribution >= 4 is 23.4 Å². The van der Waals surface area contributed by atoms with Crippen LogP contribution < -0.4 is 5.32 Å². The highest BCUT2D eigenvalue weighted by Gasteiger charge is 2.29. The van der Waals surface area contributed by atoms with E-state index in [1.54, 1.807) is 0 Å². The van der Waals surface area contributed by atoms with Crippen LogP contribution in [0.4, 0.5) is 0 Å². The zero-order valence-electron chi connectivity index (χ0n) is 19.4. The SMILES string of the molecule is Cc1cccc(C(=O)N2CCCC(C(=O)NCC3CCN(Cc4ccccc4Cl)CC3)C2)c1. The van der Waals surface area contributed by atoms with E-state index in [1.807, 2.05) is 54.3 Å². The summed E-state index contributed by atoms with van der Waals surface area (Å²) < 4.78 is 0. The standard InChI is InChI=1S/C27H34ClN3O2/c1-20-6-4-8-22(16-20)27(33)31-13-5-9-24(19-31)26(32)29-17-21-11-14-30(15-12-21)18-23-7-2-3-10-25(23)28/h2-4,6-8,10,16,21,24H,5,9,11-15,17-19H2,1H3,(H,29,32). The molecule has 2 heterocycles. The number of likely N-dealkylation sites (tertiary alicyclic amines) is 2. The molecule has 2 fully saturated rings. The van der Waals surface area contributed by atoms with Gasteiger partial charge in [0, 0.05) is 36.8 Å². The van der Waals surface area contributed by atoms with Crippen LogP contribution in [0, 0.1) is 18.8 Å². The van der Waals surface area contributed by atoms with Crippen molar-refractivity contribution in [2.45, 2.75) is 39.2 Å². The Labute approximate surface area is 202 Å². The maximum Gasteiger partial charge on any atom is 0.253 e. The average Bonchev–Trinajstić information content (AvgIpc) is 2.84. The molecule has 1 unspecified atom stereocenters. The van der Waals surface area contributed by atoms with Crippen LogP contribution in [0.25, 0.3) is 0 Å². The van der Waals surface area contributed by atoms with Crippen molar-refractivity contribution in [3.8, 4) is 0 Å². The summed E-state index contributed by atoms with van der Waals surface area (Å²) in [5.41, 5.74) is 2.96. The lowest BCUT2D eigenvalue weighted by molar-refractivity contribution is -0.126. The number of nitrogens with one attached hydrogen (secondary N) is 1. The van der Waals surface area contributed by atoms with Crippen molar-refractivity contribution in [3.05, 3.63) is 70.2 Å². The zero-order valence-corrected chi connectivity index (χ0v) is 20.2. The molecule has 6 heteroatoms. The highest BCUT2D eigenvalue weighted by Crippen LogP contribution is 2.23. The minimum Gasteiger partial charge on any atom is -0.356 e. The number of piperidine rings is 2. The normalized spacial score (nSPS) is 19.9. The van der Waals surface area contributed by atoms with Crippen molar-refractivity contribution in [1.82, 2.24) is 15.1 Å². The maximum absolute atomic E-state index is 12.9. The fourth-order valence-corrected chi connectivity index (χ4v) is 5.14. The van der Waals surface area contributed by atoms with E-state index in [-0.39, 0.29) is 17.7 Å². The molecule has 0 aromatic heterocycles. The van der Waals surface area contributed by atoms with E-state index in [2.05, 4.69) is 16.3 Å². The molecule has 0 spiro atoms. The maximum atomic E-state index is 12.9. The van der Waals surface area contributed by atoms with Crippen LogP contribution >= 0.6 is 11.6 Å². The second-order valence-corrected chi connectivity index (χ2v) is 9.92. The largest absolute Gasteiger partial charge is 0.356 e. The van der Waals surface area contributed by atoms with Gasteiger partial charge in [-0.3, -0.25) is 14.5 Å². The minimum atomic E-state index is -0.118. The molecule has 0 bridgehead atoms. The van der Waals surface area contributed by atoms with E-state index < -0.39 is 0 Å². The minimum absolute atomic E-state index is 0.0297. The summed E-state index contributed by atoms with van der Waals surface area (Å²) >= 11 is 6.30. The molecule has 1 N–H and O–H groups in total. The highest BCUT2D eigenvalue weighted by molar-refractivity contribution is 6.31. The second-order valence-electron chi connectivity index (χ2n) is 9.52. The molecular weight excluding hydrogens is 434 g/mol. The van der Waals surface area contributed by atoms with Gasteiger partial charge in [-0.1, -0.05) is 47.5 Å². The topological polar surface area (TPSA) is 52.7 Å². The summed E-state index contributed by atoms with van der Waals surface area (Å²) in [6.07, 6.45) is 3.87. The molecule has 2 amide bonds. The summed E-state index contributed by atoms with van der Waals surface area (Å²) in [5.74, 6) is 0.509. The van der Waals surface area contributed by atoms with Crippen LogP contribution in [-0.2, 0) is 11.3 Å². The first-order valence-electron chi connectivity index (χ1n) is 12.1. The first-order chi connectivity index (χ1) is 16.0. The number of nitrogens with zero attached hydrogens (tertiary/aromatic N) is 2. The smallest absolute Gasteiger partial charge is 0.253 e. The Morgan fingerprint density at radius 3 is 2.58 bits per heavy atom. The van der Waals surface area contributed by atoms with E-state index in [0.717, 1.165) is 69.0 Å². The number of hydrogen-bond donors (Lipinski definition) is 1. The Balaban J connectivity index is 1.21. The van der Waals surface area contributed by atoms with Gasteiger partial charge in [0.05, 0.1) is 5.92 Å². The molecule has 2 aromatic rings. The summed E-state index contributed by atoms with van der Waals surface area (Å²) in [6.45, 7) is 6.87. The molecule has 2 aromatic carbocycles. The molecule has 2 aliphatic rings.